The first-order chi connectivity index (χ1) is 7.18. The minimum Gasteiger partial charge on any atom is -0.394 e. The lowest BCUT2D eigenvalue weighted by Crippen LogP contribution is -2.43. The van der Waals surface area contributed by atoms with Gasteiger partial charge in [-0.25, -0.2) is 0 Å². The zero-order chi connectivity index (χ0) is 11.6. The fourth-order valence-electron chi connectivity index (χ4n) is 1.30. The van der Waals surface area contributed by atoms with Crippen LogP contribution in [-0.4, -0.2) is 44.2 Å². The van der Waals surface area contributed by atoms with E-state index in [1.807, 2.05) is 6.92 Å². The summed E-state index contributed by atoms with van der Waals surface area (Å²) >= 11 is 0. The van der Waals surface area contributed by atoms with E-state index in [1.165, 1.54) is 0 Å². The molecular weight excluding hydrogens is 194 g/mol. The Morgan fingerprint density at radius 2 is 1.87 bits per heavy atom. The molecule has 3 N–H and O–H groups in total. The molecule has 4 nitrogen and oxygen atoms in total. The standard InChI is InChI=1S/C11H25NO3/c1-3-11(12,10-13)6-4-8-15-9-5-7-14-2/h13H,3-10,12H2,1-2H3. The maximum atomic E-state index is 9.08. The van der Waals surface area contributed by atoms with Crippen LogP contribution < -0.4 is 5.73 Å². The van der Waals surface area contributed by atoms with E-state index < -0.39 is 5.54 Å². The average Bonchev–Trinajstić information content (AvgIpc) is 2.27. The number of hydrogen-bond acceptors (Lipinski definition) is 4. The first kappa shape index (κ1) is 14.8. The summed E-state index contributed by atoms with van der Waals surface area (Å²) < 4.78 is 10.3. The number of rotatable bonds is 10. The van der Waals surface area contributed by atoms with Crippen molar-refractivity contribution < 1.29 is 14.6 Å². The fourth-order valence-corrected chi connectivity index (χ4v) is 1.30. The molecule has 0 aromatic rings. The van der Waals surface area contributed by atoms with E-state index in [1.54, 1.807) is 7.11 Å². The number of hydrogen-bond donors (Lipinski definition) is 2. The topological polar surface area (TPSA) is 64.7 Å². The summed E-state index contributed by atoms with van der Waals surface area (Å²) in [5.41, 5.74) is 5.51. The Morgan fingerprint density at radius 3 is 2.40 bits per heavy atom. The Labute approximate surface area is 92.7 Å². The van der Waals surface area contributed by atoms with E-state index in [4.69, 9.17) is 20.3 Å². The molecule has 0 rings (SSSR count). The number of ether oxygens (including phenoxy) is 2. The van der Waals surface area contributed by atoms with Crippen LogP contribution in [0.3, 0.4) is 0 Å². The molecule has 0 aromatic carbocycles. The van der Waals surface area contributed by atoms with Crippen molar-refractivity contribution in [3.63, 3.8) is 0 Å². The van der Waals surface area contributed by atoms with Crippen molar-refractivity contribution in [3.8, 4) is 0 Å². The number of nitrogens with two attached hydrogens (primary N) is 1. The normalized spacial score (nSPS) is 15.2. The van der Waals surface area contributed by atoms with Crippen molar-refractivity contribution >= 4 is 0 Å². The fraction of sp³-hybridized carbons (Fsp3) is 1.00. The van der Waals surface area contributed by atoms with E-state index in [0.717, 1.165) is 38.9 Å². The van der Waals surface area contributed by atoms with Crippen LogP contribution in [0.15, 0.2) is 0 Å². The van der Waals surface area contributed by atoms with Crippen molar-refractivity contribution in [2.24, 2.45) is 5.73 Å². The van der Waals surface area contributed by atoms with Gasteiger partial charge in [0.05, 0.1) is 6.61 Å². The van der Waals surface area contributed by atoms with E-state index in [-0.39, 0.29) is 6.61 Å². The third kappa shape index (κ3) is 7.73. The molecular formula is C11H25NO3. The maximum absolute atomic E-state index is 9.08. The van der Waals surface area contributed by atoms with Crippen molar-refractivity contribution in [1.29, 1.82) is 0 Å². The lowest BCUT2D eigenvalue weighted by atomic mass is 9.93. The van der Waals surface area contributed by atoms with Gasteiger partial charge in [0.15, 0.2) is 0 Å². The highest BCUT2D eigenvalue weighted by Gasteiger charge is 2.20. The summed E-state index contributed by atoms with van der Waals surface area (Å²) in [5, 5.41) is 9.08. The monoisotopic (exact) mass is 219 g/mol. The first-order valence-electron chi connectivity index (χ1n) is 5.65. The van der Waals surface area contributed by atoms with Gasteiger partial charge in [0.1, 0.15) is 0 Å². The van der Waals surface area contributed by atoms with Crippen molar-refractivity contribution in [2.75, 3.05) is 33.5 Å². The van der Waals surface area contributed by atoms with Gasteiger partial charge in [-0.15, -0.1) is 0 Å². The summed E-state index contributed by atoms with van der Waals surface area (Å²) in [4.78, 5) is 0. The van der Waals surface area contributed by atoms with Gasteiger partial charge in [-0.2, -0.15) is 0 Å². The van der Waals surface area contributed by atoms with Gasteiger partial charge in [0.2, 0.25) is 0 Å². The molecule has 1 atom stereocenters. The summed E-state index contributed by atoms with van der Waals surface area (Å²) in [6.45, 7) is 4.23. The lowest BCUT2D eigenvalue weighted by molar-refractivity contribution is 0.0923. The molecule has 0 bridgehead atoms. The predicted octanol–water partition coefficient (Wildman–Crippen LogP) is 0.919. The van der Waals surface area contributed by atoms with E-state index >= 15 is 0 Å². The molecule has 0 saturated carbocycles. The molecule has 15 heavy (non-hydrogen) atoms. The molecule has 0 aromatic heterocycles. The zero-order valence-corrected chi connectivity index (χ0v) is 10.00. The third-order valence-electron chi connectivity index (χ3n) is 2.62. The van der Waals surface area contributed by atoms with Crippen LogP contribution in [0.1, 0.15) is 32.6 Å². The highest BCUT2D eigenvalue weighted by Crippen LogP contribution is 2.12. The molecule has 1 unspecified atom stereocenters. The molecule has 0 spiro atoms. The second kappa shape index (κ2) is 9.09. The Hall–Kier alpha value is -0.160. The summed E-state index contributed by atoms with van der Waals surface area (Å²) in [6, 6.07) is 0. The van der Waals surface area contributed by atoms with Gasteiger partial charge in [-0.05, 0) is 25.7 Å². The first-order valence-corrected chi connectivity index (χ1v) is 5.65. The van der Waals surface area contributed by atoms with Crippen LogP contribution in [0.2, 0.25) is 0 Å². The molecule has 0 radical (unpaired) electrons. The molecule has 0 saturated heterocycles. The van der Waals surface area contributed by atoms with E-state index in [0.29, 0.717) is 6.61 Å². The Bertz CT molecular complexity index is 138. The Balaban J connectivity index is 3.29. The van der Waals surface area contributed by atoms with Crippen LogP contribution in [0, 0.1) is 0 Å². The van der Waals surface area contributed by atoms with E-state index in [9.17, 15) is 0 Å². The summed E-state index contributed by atoms with van der Waals surface area (Å²) in [6.07, 6.45) is 3.44. The van der Waals surface area contributed by atoms with Gasteiger partial charge in [0, 0.05) is 32.5 Å². The lowest BCUT2D eigenvalue weighted by Gasteiger charge is -2.25. The average molecular weight is 219 g/mol. The minimum atomic E-state index is -0.421. The highest BCUT2D eigenvalue weighted by molar-refractivity contribution is 4.81. The molecule has 0 aliphatic carbocycles. The number of aliphatic hydroxyl groups is 1. The minimum absolute atomic E-state index is 0.0488. The smallest absolute Gasteiger partial charge is 0.0611 e. The van der Waals surface area contributed by atoms with Gasteiger partial charge >= 0.3 is 0 Å². The molecule has 0 fully saturated rings. The zero-order valence-electron chi connectivity index (χ0n) is 10.00. The van der Waals surface area contributed by atoms with Crippen molar-refractivity contribution in [1.82, 2.24) is 0 Å². The predicted molar refractivity (Wildman–Crippen MR) is 60.8 cm³/mol. The van der Waals surface area contributed by atoms with Crippen LogP contribution in [0.5, 0.6) is 0 Å². The van der Waals surface area contributed by atoms with Gasteiger partial charge < -0.3 is 20.3 Å². The third-order valence-corrected chi connectivity index (χ3v) is 2.62. The maximum Gasteiger partial charge on any atom is 0.0611 e. The largest absolute Gasteiger partial charge is 0.394 e. The van der Waals surface area contributed by atoms with Gasteiger partial charge in [0.25, 0.3) is 0 Å². The number of methoxy groups -OCH3 is 1. The molecule has 0 amide bonds. The second-order valence-electron chi connectivity index (χ2n) is 3.94. The van der Waals surface area contributed by atoms with Crippen LogP contribution in [0.4, 0.5) is 0 Å². The second-order valence-corrected chi connectivity index (χ2v) is 3.94. The van der Waals surface area contributed by atoms with Crippen LogP contribution >= 0.6 is 0 Å². The SMILES string of the molecule is CCC(N)(CO)CCCOCCCOC. The van der Waals surface area contributed by atoms with Crippen molar-refractivity contribution in [3.05, 3.63) is 0 Å². The van der Waals surface area contributed by atoms with Gasteiger partial charge in [-0.1, -0.05) is 6.92 Å². The van der Waals surface area contributed by atoms with Gasteiger partial charge in [-0.3, -0.25) is 0 Å². The molecule has 4 heteroatoms. The van der Waals surface area contributed by atoms with Crippen molar-refractivity contribution in [2.45, 2.75) is 38.1 Å². The Morgan fingerprint density at radius 1 is 1.20 bits per heavy atom. The van der Waals surface area contributed by atoms with E-state index in [2.05, 4.69) is 0 Å². The highest BCUT2D eigenvalue weighted by atomic mass is 16.5. The molecule has 0 aliphatic heterocycles. The summed E-state index contributed by atoms with van der Waals surface area (Å²) in [5.74, 6) is 0. The number of aliphatic hydroxyl groups excluding tert-OH is 1. The summed E-state index contributed by atoms with van der Waals surface area (Å²) in [7, 11) is 1.69. The molecule has 0 aliphatic rings. The molecule has 92 valence electrons. The van der Waals surface area contributed by atoms with Crippen LogP contribution in [0.25, 0.3) is 0 Å². The Kier molecular flexibility index (Phi) is 9.00. The quantitative estimate of drug-likeness (QED) is 0.536. The van der Waals surface area contributed by atoms with Crippen LogP contribution in [-0.2, 0) is 9.47 Å². The molecule has 0 heterocycles.